The molecule has 2 aromatic carbocycles. The molecule has 0 saturated carbocycles. The summed E-state index contributed by atoms with van der Waals surface area (Å²) in [6.07, 6.45) is 3.77. The van der Waals surface area contributed by atoms with Gasteiger partial charge in [-0.1, -0.05) is 17.4 Å². The van der Waals surface area contributed by atoms with Crippen LogP contribution in [0.4, 0.5) is 5.13 Å². The molecule has 1 aliphatic rings. The molecule has 4 rings (SSSR count). The zero-order valence-electron chi connectivity index (χ0n) is 17.5. The van der Waals surface area contributed by atoms with Crippen LogP contribution in [-0.4, -0.2) is 59.5 Å². The van der Waals surface area contributed by atoms with E-state index in [0.717, 1.165) is 25.4 Å². The summed E-state index contributed by atoms with van der Waals surface area (Å²) >= 11 is 1.21. The van der Waals surface area contributed by atoms with Crippen LogP contribution in [-0.2, 0) is 24.4 Å². The van der Waals surface area contributed by atoms with Crippen LogP contribution in [0.1, 0.15) is 23.2 Å². The lowest BCUT2D eigenvalue weighted by molar-refractivity contribution is 0.0917. The average molecular weight is 495 g/mol. The van der Waals surface area contributed by atoms with Gasteiger partial charge in [0.05, 0.1) is 32.7 Å². The van der Waals surface area contributed by atoms with Gasteiger partial charge in [0.1, 0.15) is 0 Å². The maximum atomic E-state index is 13.5. The lowest BCUT2D eigenvalue weighted by Crippen LogP contribution is -2.37. The summed E-state index contributed by atoms with van der Waals surface area (Å²) in [5.74, 6) is -0.395. The second-order valence-corrected chi connectivity index (χ2v) is 12.8. The van der Waals surface area contributed by atoms with E-state index in [1.165, 1.54) is 40.5 Å². The number of amides is 1. The molecule has 0 radical (unpaired) electrons. The number of rotatable bonds is 6. The van der Waals surface area contributed by atoms with Crippen molar-refractivity contribution in [1.82, 2.24) is 4.98 Å². The second kappa shape index (κ2) is 8.54. The van der Waals surface area contributed by atoms with Crippen molar-refractivity contribution in [1.29, 1.82) is 0 Å². The highest BCUT2D eigenvalue weighted by Gasteiger charge is 2.28. The van der Waals surface area contributed by atoms with Crippen LogP contribution in [0, 0.1) is 0 Å². The fourth-order valence-electron chi connectivity index (χ4n) is 3.49. The Bertz CT molecular complexity index is 1390. The molecule has 1 aromatic heterocycles. The molecule has 1 fully saturated rings. The SMILES string of the molecule is CS(=O)(=O)c1cccc(C(=O)N(CC2CCCO2)c2nc3ccc(S(C)(=O)=O)cc3s2)c1. The lowest BCUT2D eigenvalue weighted by Gasteiger charge is -2.23. The van der Waals surface area contributed by atoms with Gasteiger partial charge in [-0.3, -0.25) is 9.69 Å². The summed E-state index contributed by atoms with van der Waals surface area (Å²) in [5, 5.41) is 0.399. The quantitative estimate of drug-likeness (QED) is 0.518. The molecule has 2 heterocycles. The normalized spacial score (nSPS) is 17.0. The van der Waals surface area contributed by atoms with Crippen LogP contribution in [0.15, 0.2) is 52.3 Å². The van der Waals surface area contributed by atoms with Crippen molar-refractivity contribution in [2.24, 2.45) is 0 Å². The van der Waals surface area contributed by atoms with Gasteiger partial charge in [-0.2, -0.15) is 0 Å². The van der Waals surface area contributed by atoms with Gasteiger partial charge in [0, 0.05) is 24.7 Å². The molecular weight excluding hydrogens is 472 g/mol. The number of hydrogen-bond donors (Lipinski definition) is 0. The van der Waals surface area contributed by atoms with E-state index < -0.39 is 25.6 Å². The summed E-state index contributed by atoms with van der Waals surface area (Å²) in [4.78, 5) is 19.7. The van der Waals surface area contributed by atoms with E-state index in [0.29, 0.717) is 22.0 Å². The summed E-state index contributed by atoms with van der Waals surface area (Å²) in [7, 11) is -6.86. The van der Waals surface area contributed by atoms with Crippen LogP contribution >= 0.6 is 11.3 Å². The Kier molecular flexibility index (Phi) is 6.10. The third kappa shape index (κ3) is 4.85. The predicted octanol–water partition coefficient (Wildman–Crippen LogP) is 2.93. The molecule has 32 heavy (non-hydrogen) atoms. The average Bonchev–Trinajstić information content (AvgIpc) is 3.39. The van der Waals surface area contributed by atoms with E-state index >= 15 is 0 Å². The summed E-state index contributed by atoms with van der Waals surface area (Å²) in [6.45, 7) is 0.883. The highest BCUT2D eigenvalue weighted by atomic mass is 32.2. The molecule has 0 spiro atoms. The predicted molar refractivity (Wildman–Crippen MR) is 123 cm³/mol. The number of aromatic nitrogens is 1. The second-order valence-electron chi connectivity index (χ2n) is 7.75. The van der Waals surface area contributed by atoms with Gasteiger partial charge in [-0.05, 0) is 49.2 Å². The van der Waals surface area contributed by atoms with Crippen molar-refractivity contribution in [3.05, 3.63) is 48.0 Å². The fourth-order valence-corrected chi connectivity index (χ4v) is 5.90. The highest BCUT2D eigenvalue weighted by molar-refractivity contribution is 7.91. The Morgan fingerprint density at radius 1 is 1.09 bits per heavy atom. The minimum Gasteiger partial charge on any atom is -0.376 e. The van der Waals surface area contributed by atoms with Crippen molar-refractivity contribution in [2.45, 2.75) is 28.7 Å². The number of thiazole rings is 1. The summed E-state index contributed by atoms with van der Waals surface area (Å²) in [6, 6.07) is 10.5. The molecule has 11 heteroatoms. The van der Waals surface area contributed by atoms with Crippen molar-refractivity contribution >= 4 is 52.3 Å². The zero-order valence-corrected chi connectivity index (χ0v) is 20.0. The number of carbonyl (C=O) groups excluding carboxylic acids is 1. The number of nitrogens with zero attached hydrogens (tertiary/aromatic N) is 2. The Morgan fingerprint density at radius 3 is 2.47 bits per heavy atom. The van der Waals surface area contributed by atoms with Crippen molar-refractivity contribution in [3.8, 4) is 0 Å². The van der Waals surface area contributed by atoms with Crippen LogP contribution in [0.3, 0.4) is 0 Å². The first-order chi connectivity index (χ1) is 15.0. The van der Waals surface area contributed by atoms with E-state index in [1.807, 2.05) is 0 Å². The number of ether oxygens (including phenoxy) is 1. The molecule has 3 aromatic rings. The first-order valence-electron chi connectivity index (χ1n) is 9.86. The molecular formula is C21H22N2O6S3. The number of hydrogen-bond acceptors (Lipinski definition) is 8. The molecule has 0 bridgehead atoms. The minimum atomic E-state index is -3.48. The number of sulfone groups is 2. The molecule has 1 unspecified atom stereocenters. The Labute approximate surface area is 190 Å². The van der Waals surface area contributed by atoms with E-state index in [-0.39, 0.29) is 28.0 Å². The molecule has 8 nitrogen and oxygen atoms in total. The van der Waals surface area contributed by atoms with Gasteiger partial charge in [0.2, 0.25) is 0 Å². The molecule has 1 saturated heterocycles. The molecule has 1 atom stereocenters. The standard InChI is InChI=1S/C21H22N2O6S3/c1-31(25,26)16-7-3-5-14(11-16)20(24)23(13-15-6-4-10-29-15)21-22-18-9-8-17(32(2,27)28)12-19(18)30-21/h3,5,7-9,11-12,15H,4,6,10,13H2,1-2H3. The maximum Gasteiger partial charge on any atom is 0.260 e. The Morgan fingerprint density at radius 2 is 1.81 bits per heavy atom. The number of carbonyl (C=O) groups is 1. The van der Waals surface area contributed by atoms with Crippen LogP contribution in [0.25, 0.3) is 10.2 Å². The van der Waals surface area contributed by atoms with Gasteiger partial charge in [-0.25, -0.2) is 21.8 Å². The zero-order chi connectivity index (χ0) is 23.1. The first-order valence-corrected chi connectivity index (χ1v) is 14.5. The molecule has 1 amide bonds. The van der Waals surface area contributed by atoms with E-state index in [4.69, 9.17) is 4.74 Å². The number of benzene rings is 2. The summed E-state index contributed by atoms with van der Waals surface area (Å²) < 4.78 is 54.1. The molecule has 0 aliphatic carbocycles. The smallest absolute Gasteiger partial charge is 0.260 e. The topological polar surface area (TPSA) is 111 Å². The first kappa shape index (κ1) is 22.8. The van der Waals surface area contributed by atoms with Crippen molar-refractivity contribution < 1.29 is 26.4 Å². The van der Waals surface area contributed by atoms with Crippen molar-refractivity contribution in [2.75, 3.05) is 30.6 Å². The number of anilines is 1. The van der Waals surface area contributed by atoms with E-state index in [1.54, 1.807) is 18.2 Å². The largest absolute Gasteiger partial charge is 0.376 e. The molecule has 170 valence electrons. The van der Waals surface area contributed by atoms with Gasteiger partial charge < -0.3 is 4.74 Å². The van der Waals surface area contributed by atoms with Gasteiger partial charge >= 0.3 is 0 Å². The highest BCUT2D eigenvalue weighted by Crippen LogP contribution is 2.32. The third-order valence-corrected chi connectivity index (χ3v) is 8.43. The molecule has 0 N–H and O–H groups in total. The number of fused-ring (bicyclic) bond motifs is 1. The van der Waals surface area contributed by atoms with Gasteiger partial charge in [0.25, 0.3) is 5.91 Å². The Hall–Kier alpha value is -2.34. The molecule has 1 aliphatic heterocycles. The van der Waals surface area contributed by atoms with Crippen LogP contribution in [0.5, 0.6) is 0 Å². The third-order valence-electron chi connectivity index (χ3n) is 5.17. The van der Waals surface area contributed by atoms with Gasteiger partial charge in [0.15, 0.2) is 24.8 Å². The van der Waals surface area contributed by atoms with Crippen LogP contribution < -0.4 is 4.90 Å². The van der Waals surface area contributed by atoms with Crippen molar-refractivity contribution in [3.63, 3.8) is 0 Å². The Balaban J connectivity index is 1.76. The summed E-state index contributed by atoms with van der Waals surface area (Å²) in [5.41, 5.74) is 0.800. The van der Waals surface area contributed by atoms with Crippen LogP contribution in [0.2, 0.25) is 0 Å². The minimum absolute atomic E-state index is 0.0579. The van der Waals surface area contributed by atoms with E-state index in [9.17, 15) is 21.6 Å². The monoisotopic (exact) mass is 494 g/mol. The van der Waals surface area contributed by atoms with Gasteiger partial charge in [-0.15, -0.1) is 0 Å². The lowest BCUT2D eigenvalue weighted by atomic mass is 10.2. The maximum absolute atomic E-state index is 13.5. The van der Waals surface area contributed by atoms with E-state index in [2.05, 4.69) is 4.98 Å². The fraction of sp³-hybridized carbons (Fsp3) is 0.333.